The molecule has 0 fully saturated rings. The lowest BCUT2D eigenvalue weighted by molar-refractivity contribution is -0.870. The molecule has 0 aromatic heterocycles. The van der Waals surface area contributed by atoms with E-state index in [4.69, 9.17) is 23.6 Å². The van der Waals surface area contributed by atoms with Crippen LogP contribution in [0.2, 0.25) is 0 Å². The summed E-state index contributed by atoms with van der Waals surface area (Å²) in [5, 5.41) is 8.84. The van der Waals surface area contributed by atoms with Gasteiger partial charge in [-0.3, -0.25) is 14.2 Å². The predicted octanol–water partition coefficient (Wildman–Crippen LogP) is 8.02. The van der Waals surface area contributed by atoms with Gasteiger partial charge in [-0.15, -0.1) is 0 Å². The number of esters is 2. The molecule has 0 spiro atoms. The first-order chi connectivity index (χ1) is 22.5. The third kappa shape index (κ3) is 34.6. The van der Waals surface area contributed by atoms with Gasteiger partial charge in [-0.05, 0) is 19.3 Å². The van der Waals surface area contributed by atoms with Crippen LogP contribution in [-0.4, -0.2) is 81.7 Å². The molecule has 0 rings (SSSR count). The van der Waals surface area contributed by atoms with Crippen molar-refractivity contribution in [2.24, 2.45) is 0 Å². The summed E-state index contributed by atoms with van der Waals surface area (Å²) in [6, 6.07) is 0. The highest BCUT2D eigenvalue weighted by Crippen LogP contribution is 2.38. The summed E-state index contributed by atoms with van der Waals surface area (Å²) < 4.78 is 33.6. The van der Waals surface area contributed by atoms with Crippen molar-refractivity contribution in [1.29, 1.82) is 0 Å². The number of quaternary nitrogens is 1. The summed E-state index contributed by atoms with van der Waals surface area (Å²) in [5.74, 6) is -0.864. The Morgan fingerprint density at radius 1 is 0.638 bits per heavy atom. The molecule has 0 aromatic carbocycles. The first kappa shape index (κ1) is 46.0. The van der Waals surface area contributed by atoms with Crippen LogP contribution in [0.15, 0.2) is 0 Å². The van der Waals surface area contributed by atoms with Gasteiger partial charge < -0.3 is 33.0 Å². The molecule has 0 heterocycles. The molecular formula is C36H72NO9P. The number of unbranched alkanes of at least 4 members (excludes halogenated alkanes) is 20. The highest BCUT2D eigenvalue weighted by atomic mass is 31.2. The summed E-state index contributed by atoms with van der Waals surface area (Å²) >= 11 is 0. The largest absolute Gasteiger partial charge is 0.756 e. The normalized spacial score (nSPS) is 13.7. The number of likely N-dealkylation sites (N-methyl/N-ethyl adjacent to an activating group) is 1. The standard InChI is InChI=1S/C36H72NO9P/c1-5-6-7-8-9-10-11-12-13-15-18-21-24-27-35(39)43-32-34(33-45-47(41,42)44-31-29-37(2,3)4)46-36(40)28-25-22-19-16-14-17-20-23-26-30-38/h34,38H,5-33H2,1-4H3. The summed E-state index contributed by atoms with van der Waals surface area (Å²) in [4.78, 5) is 37.2. The number of rotatable bonds is 35. The van der Waals surface area contributed by atoms with Gasteiger partial charge in [0, 0.05) is 19.4 Å². The molecule has 2 atom stereocenters. The van der Waals surface area contributed by atoms with Gasteiger partial charge in [0.05, 0.1) is 27.7 Å². The van der Waals surface area contributed by atoms with Crippen LogP contribution in [0.1, 0.15) is 161 Å². The topological polar surface area (TPSA) is 131 Å². The highest BCUT2D eigenvalue weighted by Gasteiger charge is 2.21. The van der Waals surface area contributed by atoms with Gasteiger partial charge in [0.25, 0.3) is 7.82 Å². The number of phosphoric acid groups is 1. The SMILES string of the molecule is CCCCCCCCCCCCCCCC(=O)OCC(COP(=O)([O-])OCC[N+](C)(C)C)OC(=O)CCCCCCCCCCCO. The fourth-order valence-corrected chi connectivity index (χ4v) is 5.89. The predicted molar refractivity (Wildman–Crippen MR) is 187 cm³/mol. The van der Waals surface area contributed by atoms with E-state index in [2.05, 4.69) is 6.92 Å². The van der Waals surface area contributed by atoms with Crippen molar-refractivity contribution in [2.75, 3.05) is 54.1 Å². The molecule has 0 aromatic rings. The molecule has 0 aliphatic carbocycles. The maximum Gasteiger partial charge on any atom is 0.306 e. The smallest absolute Gasteiger partial charge is 0.306 e. The zero-order chi connectivity index (χ0) is 35.1. The molecule has 1 N–H and O–H groups in total. The number of hydrogen-bond acceptors (Lipinski definition) is 9. The van der Waals surface area contributed by atoms with Crippen molar-refractivity contribution in [3.05, 3.63) is 0 Å². The Labute approximate surface area is 287 Å². The van der Waals surface area contributed by atoms with Crippen molar-refractivity contribution in [3.63, 3.8) is 0 Å². The summed E-state index contributed by atoms with van der Waals surface area (Å²) in [5.41, 5.74) is 0. The van der Waals surface area contributed by atoms with E-state index in [1.165, 1.54) is 64.2 Å². The van der Waals surface area contributed by atoms with Gasteiger partial charge in [0.2, 0.25) is 0 Å². The maximum absolute atomic E-state index is 12.5. The number of aliphatic hydroxyl groups excluding tert-OH is 1. The lowest BCUT2D eigenvalue weighted by Gasteiger charge is -2.28. The van der Waals surface area contributed by atoms with Gasteiger partial charge in [-0.1, -0.05) is 129 Å². The van der Waals surface area contributed by atoms with Crippen LogP contribution in [0.3, 0.4) is 0 Å². The average molecular weight is 694 g/mol. The number of ether oxygens (including phenoxy) is 2. The lowest BCUT2D eigenvalue weighted by Crippen LogP contribution is -2.37. The highest BCUT2D eigenvalue weighted by molar-refractivity contribution is 7.45. The molecular weight excluding hydrogens is 621 g/mol. The van der Waals surface area contributed by atoms with Crippen molar-refractivity contribution in [1.82, 2.24) is 0 Å². The van der Waals surface area contributed by atoms with Crippen LogP contribution in [0, 0.1) is 0 Å². The van der Waals surface area contributed by atoms with E-state index in [9.17, 15) is 19.0 Å². The van der Waals surface area contributed by atoms with Crippen LogP contribution in [-0.2, 0) is 32.7 Å². The van der Waals surface area contributed by atoms with Crippen molar-refractivity contribution in [2.45, 2.75) is 167 Å². The summed E-state index contributed by atoms with van der Waals surface area (Å²) in [7, 11) is 1.14. The van der Waals surface area contributed by atoms with E-state index < -0.39 is 32.5 Å². The Kier molecular flexibility index (Phi) is 30.3. The Morgan fingerprint density at radius 2 is 1.06 bits per heavy atom. The van der Waals surface area contributed by atoms with Crippen molar-refractivity contribution < 1.29 is 47.2 Å². The van der Waals surface area contributed by atoms with Crippen LogP contribution >= 0.6 is 7.82 Å². The molecule has 0 bridgehead atoms. The molecule has 0 radical (unpaired) electrons. The Bertz CT molecular complexity index is 791. The van der Waals surface area contributed by atoms with Gasteiger partial charge in [-0.25, -0.2) is 0 Å². The second-order valence-electron chi connectivity index (χ2n) is 14.0. The lowest BCUT2D eigenvalue weighted by atomic mass is 10.0. The molecule has 0 amide bonds. The van der Waals surface area contributed by atoms with Crippen LogP contribution < -0.4 is 4.89 Å². The molecule has 11 heteroatoms. The minimum Gasteiger partial charge on any atom is -0.756 e. The number of phosphoric ester groups is 1. The van der Waals surface area contributed by atoms with Gasteiger partial charge in [-0.2, -0.15) is 0 Å². The number of hydrogen-bond donors (Lipinski definition) is 1. The van der Waals surface area contributed by atoms with Gasteiger partial charge >= 0.3 is 11.9 Å². The van der Waals surface area contributed by atoms with Gasteiger partial charge in [0.1, 0.15) is 19.8 Å². The molecule has 47 heavy (non-hydrogen) atoms. The number of aliphatic hydroxyl groups is 1. The monoisotopic (exact) mass is 693 g/mol. The zero-order valence-corrected chi connectivity index (χ0v) is 31.6. The molecule has 0 aliphatic rings. The van der Waals surface area contributed by atoms with E-state index in [1.54, 1.807) is 0 Å². The molecule has 0 aliphatic heterocycles. The number of carbonyl (C=O) groups excluding carboxylic acids is 2. The fourth-order valence-electron chi connectivity index (χ4n) is 5.16. The fraction of sp³-hybridized carbons (Fsp3) is 0.944. The summed E-state index contributed by atoms with van der Waals surface area (Å²) in [6.45, 7) is 2.19. The third-order valence-corrected chi connectivity index (χ3v) is 9.15. The Morgan fingerprint density at radius 3 is 1.51 bits per heavy atom. The van der Waals surface area contributed by atoms with Crippen molar-refractivity contribution in [3.8, 4) is 0 Å². The molecule has 2 unspecified atom stereocenters. The van der Waals surface area contributed by atoms with Gasteiger partial charge in [0.15, 0.2) is 6.10 Å². The van der Waals surface area contributed by atoms with Crippen LogP contribution in [0.4, 0.5) is 0 Å². The molecule has 0 saturated carbocycles. The third-order valence-electron chi connectivity index (χ3n) is 8.18. The average Bonchev–Trinajstić information content (AvgIpc) is 3.01. The second kappa shape index (κ2) is 31.0. The number of carbonyl (C=O) groups is 2. The van der Waals surface area contributed by atoms with Crippen LogP contribution in [0.25, 0.3) is 0 Å². The van der Waals surface area contributed by atoms with E-state index in [-0.39, 0.29) is 32.7 Å². The first-order valence-electron chi connectivity index (χ1n) is 18.9. The van der Waals surface area contributed by atoms with Crippen molar-refractivity contribution >= 4 is 19.8 Å². The van der Waals surface area contributed by atoms with Crippen LogP contribution in [0.5, 0.6) is 0 Å². The van der Waals surface area contributed by atoms with E-state index in [0.29, 0.717) is 17.4 Å². The molecule has 0 saturated heterocycles. The Balaban J connectivity index is 4.40. The second-order valence-corrected chi connectivity index (χ2v) is 15.4. The molecule has 280 valence electrons. The van der Waals surface area contributed by atoms with E-state index >= 15 is 0 Å². The van der Waals surface area contributed by atoms with E-state index in [0.717, 1.165) is 70.6 Å². The first-order valence-corrected chi connectivity index (χ1v) is 20.3. The molecule has 10 nitrogen and oxygen atoms in total. The number of nitrogens with zero attached hydrogens (tertiary/aromatic N) is 1. The minimum absolute atomic E-state index is 0.0362. The quantitative estimate of drug-likeness (QED) is 0.0303. The zero-order valence-electron chi connectivity index (χ0n) is 30.7. The summed E-state index contributed by atoms with van der Waals surface area (Å²) in [6.07, 6.45) is 24.3. The Hall–Kier alpha value is -1.03. The minimum atomic E-state index is -4.62. The maximum atomic E-state index is 12.5. The van der Waals surface area contributed by atoms with E-state index in [1.807, 2.05) is 21.1 Å².